The molecule has 0 bridgehead atoms. The first-order valence-corrected chi connectivity index (χ1v) is 5.27. The van der Waals surface area contributed by atoms with Gasteiger partial charge in [-0.3, -0.25) is 4.79 Å². The van der Waals surface area contributed by atoms with Gasteiger partial charge in [-0.1, -0.05) is 18.2 Å². The van der Waals surface area contributed by atoms with Crippen LogP contribution >= 0.6 is 0 Å². The second-order valence-electron chi connectivity index (χ2n) is 3.88. The van der Waals surface area contributed by atoms with Crippen LogP contribution in [-0.4, -0.2) is 17.6 Å². The number of benzene rings is 1. The second-order valence-corrected chi connectivity index (χ2v) is 3.88. The number of aliphatic hydroxyl groups excluding tert-OH is 1. The quantitative estimate of drug-likeness (QED) is 0.800. The Kier molecular flexibility index (Phi) is 2.73. The van der Waals surface area contributed by atoms with Crippen LogP contribution in [0.5, 0.6) is 0 Å². The van der Waals surface area contributed by atoms with Crippen LogP contribution in [0, 0.1) is 0 Å². The maximum Gasteiger partial charge on any atom is 0.227 e. The van der Waals surface area contributed by atoms with E-state index in [1.54, 1.807) is 11.8 Å². The molecule has 3 nitrogen and oxygen atoms in total. The fourth-order valence-corrected chi connectivity index (χ4v) is 1.99. The summed E-state index contributed by atoms with van der Waals surface area (Å²) in [5.74, 6) is 0.156. The first-order valence-electron chi connectivity index (χ1n) is 5.27. The third kappa shape index (κ3) is 1.88. The van der Waals surface area contributed by atoms with Crippen molar-refractivity contribution in [2.24, 2.45) is 0 Å². The molecule has 0 aliphatic carbocycles. The third-order valence-electron chi connectivity index (χ3n) is 2.75. The van der Waals surface area contributed by atoms with E-state index in [2.05, 4.69) is 0 Å². The van der Waals surface area contributed by atoms with Crippen LogP contribution in [0.1, 0.15) is 31.4 Å². The molecule has 0 saturated carbocycles. The number of carbonyl (C=O) groups excluding carboxylic acids is 1. The van der Waals surface area contributed by atoms with Crippen molar-refractivity contribution in [2.75, 3.05) is 11.4 Å². The van der Waals surface area contributed by atoms with Crippen molar-refractivity contribution in [3.8, 4) is 0 Å². The van der Waals surface area contributed by atoms with Gasteiger partial charge < -0.3 is 10.0 Å². The molecule has 0 spiro atoms. The summed E-state index contributed by atoms with van der Waals surface area (Å²) < 4.78 is 0. The lowest BCUT2D eigenvalue weighted by Crippen LogP contribution is -2.25. The zero-order valence-electron chi connectivity index (χ0n) is 8.81. The summed E-state index contributed by atoms with van der Waals surface area (Å²) in [5.41, 5.74) is 1.68. The molecule has 80 valence electrons. The molecule has 0 radical (unpaired) electrons. The molecule has 1 aromatic carbocycles. The average molecular weight is 205 g/mol. The Balaban J connectivity index is 2.38. The van der Waals surface area contributed by atoms with Crippen LogP contribution in [0.25, 0.3) is 0 Å². The Hall–Kier alpha value is -1.35. The summed E-state index contributed by atoms with van der Waals surface area (Å²) in [6.07, 6.45) is 0.996. The molecule has 1 aromatic rings. The topological polar surface area (TPSA) is 40.5 Å². The number of rotatable bonds is 2. The molecule has 1 aliphatic rings. The Morgan fingerprint density at radius 1 is 1.40 bits per heavy atom. The normalized spacial score (nSPS) is 18.3. The number of aliphatic hydroxyl groups is 1. The Morgan fingerprint density at radius 2 is 2.13 bits per heavy atom. The molecule has 2 rings (SSSR count). The van der Waals surface area contributed by atoms with Gasteiger partial charge in [0.05, 0.1) is 6.10 Å². The second kappa shape index (κ2) is 4.03. The van der Waals surface area contributed by atoms with E-state index in [1.807, 2.05) is 24.3 Å². The predicted molar refractivity (Wildman–Crippen MR) is 58.7 cm³/mol. The van der Waals surface area contributed by atoms with E-state index >= 15 is 0 Å². The van der Waals surface area contributed by atoms with Crippen molar-refractivity contribution in [1.29, 1.82) is 0 Å². The van der Waals surface area contributed by atoms with Crippen LogP contribution < -0.4 is 4.90 Å². The molecular weight excluding hydrogens is 190 g/mol. The maximum absolute atomic E-state index is 11.6. The number of nitrogens with zero attached hydrogens (tertiary/aromatic N) is 1. The van der Waals surface area contributed by atoms with Crippen molar-refractivity contribution in [2.45, 2.75) is 25.9 Å². The van der Waals surface area contributed by atoms with E-state index in [0.717, 1.165) is 24.2 Å². The number of carbonyl (C=O) groups is 1. The Morgan fingerprint density at radius 3 is 2.73 bits per heavy atom. The number of amides is 1. The third-order valence-corrected chi connectivity index (χ3v) is 2.75. The van der Waals surface area contributed by atoms with Crippen LogP contribution in [0.15, 0.2) is 24.3 Å². The molecule has 1 saturated heterocycles. The average Bonchev–Trinajstić information content (AvgIpc) is 2.64. The number of hydrogen-bond acceptors (Lipinski definition) is 2. The van der Waals surface area contributed by atoms with Gasteiger partial charge in [-0.2, -0.15) is 0 Å². The maximum atomic E-state index is 11.6. The summed E-state index contributed by atoms with van der Waals surface area (Å²) in [6.45, 7) is 2.49. The van der Waals surface area contributed by atoms with Crippen molar-refractivity contribution in [3.63, 3.8) is 0 Å². The fraction of sp³-hybridized carbons (Fsp3) is 0.417. The van der Waals surface area contributed by atoms with Gasteiger partial charge in [-0.25, -0.2) is 0 Å². The van der Waals surface area contributed by atoms with Gasteiger partial charge in [0.25, 0.3) is 0 Å². The summed E-state index contributed by atoms with van der Waals surface area (Å²) in [6, 6.07) is 7.54. The van der Waals surface area contributed by atoms with Crippen molar-refractivity contribution in [1.82, 2.24) is 0 Å². The molecule has 1 unspecified atom stereocenters. The molecule has 15 heavy (non-hydrogen) atoms. The van der Waals surface area contributed by atoms with Crippen molar-refractivity contribution >= 4 is 11.6 Å². The first-order chi connectivity index (χ1) is 7.20. The molecule has 1 aliphatic heterocycles. The van der Waals surface area contributed by atoms with E-state index in [4.69, 9.17) is 0 Å². The molecule has 3 heteroatoms. The van der Waals surface area contributed by atoms with Gasteiger partial charge in [0.15, 0.2) is 0 Å². The first kappa shape index (κ1) is 10.2. The minimum Gasteiger partial charge on any atom is -0.389 e. The Bertz CT molecular complexity index is 374. The summed E-state index contributed by atoms with van der Waals surface area (Å²) in [4.78, 5) is 13.4. The summed E-state index contributed by atoms with van der Waals surface area (Å²) in [7, 11) is 0. The molecule has 1 amide bonds. The van der Waals surface area contributed by atoms with E-state index in [1.165, 1.54) is 0 Å². The van der Waals surface area contributed by atoms with Gasteiger partial charge in [-0.05, 0) is 19.4 Å². The Labute approximate surface area is 89.3 Å². The highest BCUT2D eigenvalue weighted by atomic mass is 16.3. The van der Waals surface area contributed by atoms with Crippen LogP contribution in [0.3, 0.4) is 0 Å². The van der Waals surface area contributed by atoms with Gasteiger partial charge >= 0.3 is 0 Å². The van der Waals surface area contributed by atoms with Crippen LogP contribution in [-0.2, 0) is 4.79 Å². The lowest BCUT2D eigenvalue weighted by molar-refractivity contribution is -0.117. The highest BCUT2D eigenvalue weighted by Gasteiger charge is 2.24. The molecule has 1 N–H and O–H groups in total. The SMILES string of the molecule is CC(O)c1ccccc1N1CCCC1=O. The van der Waals surface area contributed by atoms with E-state index in [0.29, 0.717) is 6.42 Å². The summed E-state index contributed by atoms with van der Waals surface area (Å²) >= 11 is 0. The standard InChI is InChI=1S/C12H15NO2/c1-9(14)10-5-2-3-6-11(10)13-8-4-7-12(13)15/h2-3,5-6,9,14H,4,7-8H2,1H3. The van der Waals surface area contributed by atoms with E-state index < -0.39 is 6.10 Å². The van der Waals surface area contributed by atoms with Crippen molar-refractivity contribution in [3.05, 3.63) is 29.8 Å². The van der Waals surface area contributed by atoms with Crippen molar-refractivity contribution < 1.29 is 9.90 Å². The highest BCUT2D eigenvalue weighted by molar-refractivity contribution is 5.96. The molecule has 1 fully saturated rings. The molecule has 1 heterocycles. The minimum atomic E-state index is -0.533. The largest absolute Gasteiger partial charge is 0.389 e. The van der Waals surface area contributed by atoms with Crippen LogP contribution in [0.4, 0.5) is 5.69 Å². The van der Waals surface area contributed by atoms with Gasteiger partial charge in [0.2, 0.25) is 5.91 Å². The number of hydrogen-bond donors (Lipinski definition) is 1. The predicted octanol–water partition coefficient (Wildman–Crippen LogP) is 1.87. The fourth-order valence-electron chi connectivity index (χ4n) is 1.99. The van der Waals surface area contributed by atoms with E-state index in [9.17, 15) is 9.90 Å². The highest BCUT2D eigenvalue weighted by Crippen LogP contribution is 2.29. The van der Waals surface area contributed by atoms with Gasteiger partial charge in [0.1, 0.15) is 0 Å². The van der Waals surface area contributed by atoms with Crippen LogP contribution in [0.2, 0.25) is 0 Å². The molecule has 1 atom stereocenters. The number of anilines is 1. The lowest BCUT2D eigenvalue weighted by atomic mass is 10.1. The van der Waals surface area contributed by atoms with E-state index in [-0.39, 0.29) is 5.91 Å². The molecule has 0 aromatic heterocycles. The molecular formula is C12H15NO2. The monoisotopic (exact) mass is 205 g/mol. The minimum absolute atomic E-state index is 0.156. The smallest absolute Gasteiger partial charge is 0.227 e. The zero-order chi connectivity index (χ0) is 10.8. The lowest BCUT2D eigenvalue weighted by Gasteiger charge is -2.20. The number of para-hydroxylation sites is 1. The summed E-state index contributed by atoms with van der Waals surface area (Å²) in [5, 5.41) is 9.61. The van der Waals surface area contributed by atoms with Gasteiger partial charge in [0, 0.05) is 24.2 Å². The zero-order valence-corrected chi connectivity index (χ0v) is 8.81. The van der Waals surface area contributed by atoms with Gasteiger partial charge in [-0.15, -0.1) is 0 Å².